The van der Waals surface area contributed by atoms with E-state index in [4.69, 9.17) is 37.5 Å². The molecule has 8 aromatic rings. The van der Waals surface area contributed by atoms with Crippen molar-refractivity contribution >= 4 is 14.5 Å². The molecule has 12 rings (SSSR count). The minimum absolute atomic E-state index is 0.00278. The predicted molar refractivity (Wildman–Crippen MR) is 288 cm³/mol. The molecular formula is C64H57N2O7P. The van der Waals surface area contributed by atoms with E-state index in [0.717, 1.165) is 61.2 Å². The van der Waals surface area contributed by atoms with Crippen LogP contribution in [0.1, 0.15) is 70.4 Å². The standard InChI is InChI=1S/C64H57N2O7P/c1-62(2)70-58-59(71-62)64(52-35-17-7-18-36-52,53-37-19-8-20-38-53)73-74(72-63(58,50-31-13-5-14-32-50)51-33-15-6-16-34-51)69-42-49-29-21-22-39-54(49)48-30-23-24-45(40-48)41-55(60-65-56(43-67-60)46-25-9-3-10-26-46)61-66-57(44-68-61)47-27-11-4-12-28-47/h3-40,56-59,65H,41-44H2,1-2H3/b60-55-/t56-,57-,58+,59+/m0/s1. The zero-order valence-corrected chi connectivity index (χ0v) is 42.2. The Labute approximate surface area is 434 Å². The number of aliphatic imine (C=N–C) groups is 1. The van der Waals surface area contributed by atoms with Crippen molar-refractivity contribution in [2.24, 2.45) is 4.99 Å². The maximum Gasteiger partial charge on any atom is 0.335 e. The zero-order valence-electron chi connectivity index (χ0n) is 41.3. The monoisotopic (exact) mass is 996 g/mol. The van der Waals surface area contributed by atoms with Crippen LogP contribution in [-0.4, -0.2) is 37.1 Å². The lowest BCUT2D eigenvalue weighted by Gasteiger charge is -2.41. The Hall–Kier alpha value is -7.20. The molecule has 3 saturated heterocycles. The SMILES string of the molecule is CC1(C)O[C@@H]2[C@@H](O1)C(c1ccccc1)(c1ccccc1)OP(OCc1ccccc1-c1cccc(C/C(C3=N[C@H](c4ccccc4)CO3)=C3\N[C@H](c4ccccc4)CO3)c1)OC2(c1ccccc1)c1ccccc1. The van der Waals surface area contributed by atoms with E-state index in [9.17, 15) is 0 Å². The highest BCUT2D eigenvalue weighted by molar-refractivity contribution is 7.41. The van der Waals surface area contributed by atoms with Crippen LogP contribution in [-0.2, 0) is 56.7 Å². The molecule has 8 aromatic carbocycles. The second kappa shape index (κ2) is 20.6. The summed E-state index contributed by atoms with van der Waals surface area (Å²) in [6.07, 6.45) is -0.908. The van der Waals surface area contributed by atoms with Gasteiger partial charge in [-0.1, -0.05) is 231 Å². The molecule has 0 amide bonds. The van der Waals surface area contributed by atoms with Crippen LogP contribution in [0.5, 0.6) is 0 Å². The highest BCUT2D eigenvalue weighted by Crippen LogP contribution is 2.65. The van der Waals surface area contributed by atoms with Gasteiger partial charge in [0, 0.05) is 6.42 Å². The van der Waals surface area contributed by atoms with Gasteiger partial charge in [-0.3, -0.25) is 9.05 Å². The topological polar surface area (TPSA) is 89.0 Å². The molecule has 4 aliphatic heterocycles. The molecule has 0 bridgehead atoms. The van der Waals surface area contributed by atoms with Gasteiger partial charge in [0.15, 0.2) is 22.9 Å². The number of hydrogen-bond donors (Lipinski definition) is 1. The van der Waals surface area contributed by atoms with Crippen molar-refractivity contribution in [2.45, 2.75) is 68.2 Å². The fourth-order valence-corrected chi connectivity index (χ4v) is 12.4. The van der Waals surface area contributed by atoms with Crippen molar-refractivity contribution in [1.29, 1.82) is 0 Å². The van der Waals surface area contributed by atoms with Gasteiger partial charge in [-0.2, -0.15) is 0 Å². The van der Waals surface area contributed by atoms with Gasteiger partial charge < -0.3 is 28.8 Å². The molecule has 0 aromatic heterocycles. The van der Waals surface area contributed by atoms with Crippen molar-refractivity contribution in [3.8, 4) is 11.1 Å². The fraction of sp³-hybridized carbons (Fsp3) is 0.203. The highest BCUT2D eigenvalue weighted by Gasteiger charge is 2.67. The first kappa shape index (κ1) is 47.8. The molecule has 4 aliphatic rings. The Morgan fingerprint density at radius 1 is 0.554 bits per heavy atom. The number of rotatable bonds is 13. The van der Waals surface area contributed by atoms with E-state index in [1.807, 2.05) is 117 Å². The molecule has 0 unspecified atom stereocenters. The molecule has 0 aliphatic carbocycles. The number of ether oxygens (including phenoxy) is 4. The molecule has 1 N–H and O–H groups in total. The van der Waals surface area contributed by atoms with Gasteiger partial charge in [0.2, 0.25) is 5.90 Å². The average molecular weight is 997 g/mol. The molecule has 0 spiro atoms. The highest BCUT2D eigenvalue weighted by atomic mass is 31.2. The summed E-state index contributed by atoms with van der Waals surface area (Å²) in [5.41, 5.74) is 8.32. The van der Waals surface area contributed by atoms with Crippen LogP contribution in [0.2, 0.25) is 0 Å². The van der Waals surface area contributed by atoms with Gasteiger partial charge in [-0.25, -0.2) is 4.99 Å². The van der Waals surface area contributed by atoms with Gasteiger partial charge in [0.1, 0.15) is 31.5 Å². The van der Waals surface area contributed by atoms with E-state index in [1.54, 1.807) is 0 Å². The summed E-state index contributed by atoms with van der Waals surface area (Å²) in [4.78, 5) is 5.15. The second-order valence-electron chi connectivity index (χ2n) is 19.5. The average Bonchev–Trinajstić information content (AvgIpc) is 4.24. The third-order valence-electron chi connectivity index (χ3n) is 14.4. The predicted octanol–water partition coefficient (Wildman–Crippen LogP) is 13.8. The Morgan fingerprint density at radius 3 is 1.61 bits per heavy atom. The Morgan fingerprint density at radius 2 is 1.05 bits per heavy atom. The van der Waals surface area contributed by atoms with Crippen molar-refractivity contribution < 1.29 is 32.5 Å². The molecule has 9 nitrogen and oxygen atoms in total. The van der Waals surface area contributed by atoms with E-state index < -0.39 is 37.8 Å². The minimum atomic E-state index is -2.21. The van der Waals surface area contributed by atoms with Gasteiger partial charge in [0.05, 0.1) is 18.2 Å². The summed E-state index contributed by atoms with van der Waals surface area (Å²) >= 11 is 0. The third-order valence-corrected chi connectivity index (χ3v) is 15.6. The van der Waals surface area contributed by atoms with Crippen molar-refractivity contribution in [3.05, 3.63) is 286 Å². The Kier molecular flexibility index (Phi) is 13.3. The molecule has 10 heteroatoms. The molecule has 370 valence electrons. The van der Waals surface area contributed by atoms with E-state index in [2.05, 4.69) is 133 Å². The van der Waals surface area contributed by atoms with E-state index in [1.165, 1.54) is 0 Å². The summed E-state index contributed by atoms with van der Waals surface area (Å²) in [7, 11) is -2.21. The number of nitrogens with one attached hydrogen (secondary N) is 1. The summed E-state index contributed by atoms with van der Waals surface area (Å²) < 4.78 is 49.8. The summed E-state index contributed by atoms with van der Waals surface area (Å²) in [6.45, 7) is 5.05. The lowest BCUT2D eigenvalue weighted by molar-refractivity contribution is -0.176. The van der Waals surface area contributed by atoms with E-state index >= 15 is 0 Å². The largest absolute Gasteiger partial charge is 0.476 e. The first-order chi connectivity index (χ1) is 36.4. The van der Waals surface area contributed by atoms with Crippen LogP contribution in [0, 0.1) is 0 Å². The van der Waals surface area contributed by atoms with Crippen LogP contribution < -0.4 is 5.32 Å². The van der Waals surface area contributed by atoms with Crippen LogP contribution in [0.3, 0.4) is 0 Å². The van der Waals surface area contributed by atoms with Crippen LogP contribution in [0.25, 0.3) is 11.1 Å². The number of nitrogens with zero attached hydrogens (tertiary/aromatic N) is 1. The summed E-state index contributed by atoms with van der Waals surface area (Å²) in [5, 5.41) is 3.68. The molecule has 3 fully saturated rings. The zero-order chi connectivity index (χ0) is 50.0. The molecule has 0 saturated carbocycles. The van der Waals surface area contributed by atoms with Crippen LogP contribution >= 0.6 is 8.60 Å². The minimum Gasteiger partial charge on any atom is -0.476 e. The first-order valence-electron chi connectivity index (χ1n) is 25.4. The number of hydrogen-bond acceptors (Lipinski definition) is 9. The van der Waals surface area contributed by atoms with Gasteiger partial charge in [-0.05, 0) is 69.5 Å². The lowest BCUT2D eigenvalue weighted by atomic mass is 9.72. The maximum absolute atomic E-state index is 7.65. The van der Waals surface area contributed by atoms with Crippen molar-refractivity contribution in [3.63, 3.8) is 0 Å². The quantitative estimate of drug-likeness (QED) is 0.114. The summed E-state index contributed by atoms with van der Waals surface area (Å²) in [5.74, 6) is 0.265. The van der Waals surface area contributed by atoms with Crippen LogP contribution in [0.4, 0.5) is 0 Å². The third kappa shape index (κ3) is 9.26. The second-order valence-corrected chi connectivity index (χ2v) is 20.6. The first-order valence-corrected chi connectivity index (χ1v) is 26.5. The fourth-order valence-electron chi connectivity index (χ4n) is 10.9. The Balaban J connectivity index is 0.917. The smallest absolute Gasteiger partial charge is 0.335 e. The summed E-state index contributed by atoms with van der Waals surface area (Å²) in [6, 6.07) is 78.7. The molecule has 4 heterocycles. The van der Waals surface area contributed by atoms with Gasteiger partial charge in [-0.15, -0.1) is 0 Å². The molecular weight excluding hydrogens is 940 g/mol. The molecule has 74 heavy (non-hydrogen) atoms. The van der Waals surface area contributed by atoms with E-state index in [0.29, 0.717) is 31.4 Å². The van der Waals surface area contributed by atoms with Crippen molar-refractivity contribution in [1.82, 2.24) is 5.32 Å². The number of fused-ring (bicyclic) bond motifs is 1. The normalized spacial score (nSPS) is 22.3. The maximum atomic E-state index is 7.65. The van der Waals surface area contributed by atoms with Gasteiger partial charge >= 0.3 is 8.60 Å². The molecule has 0 radical (unpaired) electrons. The van der Waals surface area contributed by atoms with Crippen molar-refractivity contribution in [2.75, 3.05) is 13.2 Å². The Bertz CT molecular complexity index is 3070. The van der Waals surface area contributed by atoms with Gasteiger partial charge in [0.25, 0.3) is 0 Å². The number of benzene rings is 8. The molecule has 4 atom stereocenters. The lowest BCUT2D eigenvalue weighted by Crippen LogP contribution is -2.53. The van der Waals surface area contributed by atoms with Crippen LogP contribution in [0.15, 0.2) is 247 Å². The van der Waals surface area contributed by atoms with E-state index in [-0.39, 0.29) is 18.7 Å².